The molecule has 0 bridgehead atoms. The third kappa shape index (κ3) is 4.08. The molecule has 194 valence electrons. The van der Waals surface area contributed by atoms with E-state index < -0.39 is 0 Å². The van der Waals surface area contributed by atoms with E-state index >= 15 is 0 Å². The Hall–Kier alpha value is -3.64. The Kier molecular flexibility index (Phi) is 5.73. The zero-order chi connectivity index (χ0) is 25.8. The van der Waals surface area contributed by atoms with Crippen molar-refractivity contribution in [1.29, 1.82) is 10.5 Å². The number of ether oxygens (including phenoxy) is 1. The molecule has 11 nitrogen and oxygen atoms in total. The lowest BCUT2D eigenvalue weighted by Crippen LogP contribution is -2.56. The normalized spacial score (nSPS) is 23.5. The summed E-state index contributed by atoms with van der Waals surface area (Å²) in [6, 6.07) is 9.29. The first kappa shape index (κ1) is 23.5. The van der Waals surface area contributed by atoms with E-state index in [-0.39, 0.29) is 5.95 Å². The van der Waals surface area contributed by atoms with Crippen LogP contribution in [0.15, 0.2) is 18.3 Å². The quantitative estimate of drug-likeness (QED) is 0.490. The van der Waals surface area contributed by atoms with E-state index in [4.69, 9.17) is 16.3 Å². The molecule has 12 heteroatoms. The minimum absolute atomic E-state index is 0.267. The van der Waals surface area contributed by atoms with Crippen molar-refractivity contribution in [3.63, 3.8) is 0 Å². The lowest BCUT2D eigenvalue weighted by molar-refractivity contribution is -0.0718. The van der Waals surface area contributed by atoms with E-state index in [1.54, 1.807) is 6.07 Å². The highest BCUT2D eigenvalue weighted by atomic mass is 35.5. The Labute approximate surface area is 225 Å². The van der Waals surface area contributed by atoms with Gasteiger partial charge in [-0.3, -0.25) is 4.90 Å². The summed E-state index contributed by atoms with van der Waals surface area (Å²) in [4.78, 5) is 13.9. The molecule has 38 heavy (non-hydrogen) atoms. The molecule has 5 heterocycles. The average Bonchev–Trinajstić information content (AvgIpc) is 3.47. The minimum Gasteiger partial charge on any atom is -0.378 e. The van der Waals surface area contributed by atoms with E-state index in [0.29, 0.717) is 57.5 Å². The van der Waals surface area contributed by atoms with Crippen LogP contribution in [0.3, 0.4) is 0 Å². The van der Waals surface area contributed by atoms with Crippen molar-refractivity contribution in [2.75, 3.05) is 48.4 Å². The number of benzene rings is 1. The summed E-state index contributed by atoms with van der Waals surface area (Å²) in [6.07, 6.45) is 5.93. The number of hydrogen-bond donors (Lipinski definition) is 2. The molecule has 4 fully saturated rings. The second-order valence-electron chi connectivity index (χ2n) is 10.6. The molecule has 7 rings (SSSR count). The summed E-state index contributed by atoms with van der Waals surface area (Å²) < 4.78 is 6.95. The maximum Gasteiger partial charge on any atom is 0.247 e. The lowest BCUT2D eigenvalue weighted by atomic mass is 9.91. The summed E-state index contributed by atoms with van der Waals surface area (Å²) >= 11 is 7.00. The van der Waals surface area contributed by atoms with Gasteiger partial charge in [0.25, 0.3) is 0 Å². The topological polar surface area (TPSA) is 130 Å². The predicted octanol–water partition coefficient (Wildman–Crippen LogP) is 3.14. The van der Waals surface area contributed by atoms with Crippen LogP contribution in [-0.4, -0.2) is 75.5 Å². The molecule has 2 aromatic heterocycles. The van der Waals surface area contributed by atoms with Crippen LogP contribution in [0.25, 0.3) is 5.65 Å². The summed E-state index contributed by atoms with van der Waals surface area (Å²) in [5.41, 5.74) is 2.69. The van der Waals surface area contributed by atoms with Crippen molar-refractivity contribution in [3.8, 4) is 12.1 Å². The first-order valence-corrected chi connectivity index (χ1v) is 13.5. The summed E-state index contributed by atoms with van der Waals surface area (Å²) in [5.74, 6) is 1.51. The second kappa shape index (κ2) is 9.28. The number of nitrogens with zero attached hydrogens (tertiary/aromatic N) is 8. The van der Waals surface area contributed by atoms with Crippen LogP contribution < -0.4 is 15.5 Å². The van der Waals surface area contributed by atoms with Gasteiger partial charge in [-0.05, 0) is 50.3 Å². The maximum atomic E-state index is 9.83. The summed E-state index contributed by atoms with van der Waals surface area (Å²) in [6.45, 7) is 4.50. The van der Waals surface area contributed by atoms with Crippen LogP contribution in [0.1, 0.15) is 36.9 Å². The van der Waals surface area contributed by atoms with E-state index in [1.165, 1.54) is 17.1 Å². The molecule has 2 N–H and O–H groups in total. The van der Waals surface area contributed by atoms with Gasteiger partial charge in [-0.1, -0.05) is 11.6 Å². The van der Waals surface area contributed by atoms with E-state index in [1.807, 2.05) is 6.07 Å². The van der Waals surface area contributed by atoms with Crippen LogP contribution >= 0.6 is 11.6 Å². The number of halogens is 1. The smallest absolute Gasteiger partial charge is 0.247 e. The van der Waals surface area contributed by atoms with Gasteiger partial charge >= 0.3 is 0 Å². The fourth-order valence-corrected chi connectivity index (χ4v) is 6.18. The van der Waals surface area contributed by atoms with Crippen LogP contribution in [0.5, 0.6) is 0 Å². The molecule has 1 aromatic carbocycles. The highest BCUT2D eigenvalue weighted by molar-refractivity contribution is 6.36. The number of piperidine rings is 1. The van der Waals surface area contributed by atoms with Gasteiger partial charge in [0.2, 0.25) is 5.95 Å². The van der Waals surface area contributed by atoms with Crippen LogP contribution in [0.4, 0.5) is 23.1 Å². The van der Waals surface area contributed by atoms with Gasteiger partial charge in [-0.25, -0.2) is 4.98 Å². The lowest BCUT2D eigenvalue weighted by Gasteiger charge is -2.44. The van der Waals surface area contributed by atoms with Gasteiger partial charge in [0.1, 0.15) is 6.07 Å². The zero-order valence-corrected chi connectivity index (χ0v) is 21.5. The number of rotatable bonds is 6. The van der Waals surface area contributed by atoms with Crippen LogP contribution in [-0.2, 0) is 4.74 Å². The van der Waals surface area contributed by atoms with Crippen molar-refractivity contribution in [2.45, 2.75) is 43.8 Å². The monoisotopic (exact) mass is 530 g/mol. The number of hydrogen-bond acceptors (Lipinski definition) is 10. The standard InChI is InChI=1S/C26H27ClN10O/c27-23-20(32-26-33-24(31-17-1-2-17)25-30-11-18(10-29)37(25)34-26)7-15(9-28)8-21(23)35-5-3-16-4-6-36(22(16)12-35)19-13-38-14-19/h7-8,11,16-17,19,22H,1-6,12-14H2,(H2,31,32,33,34). The minimum atomic E-state index is 0.267. The molecule has 0 amide bonds. The Morgan fingerprint density at radius 2 is 1.92 bits per heavy atom. The molecule has 1 saturated carbocycles. The summed E-state index contributed by atoms with van der Waals surface area (Å²) in [7, 11) is 0. The predicted molar refractivity (Wildman–Crippen MR) is 142 cm³/mol. The molecular formula is C26H27ClN10O. The van der Waals surface area contributed by atoms with Crippen LogP contribution in [0.2, 0.25) is 5.02 Å². The molecule has 4 aliphatic rings. The van der Waals surface area contributed by atoms with Crippen LogP contribution in [0, 0.1) is 28.6 Å². The maximum absolute atomic E-state index is 9.83. The summed E-state index contributed by atoms with van der Waals surface area (Å²) in [5, 5.41) is 31.0. The number of nitriles is 2. The number of aromatic nitrogens is 4. The fourth-order valence-electron chi connectivity index (χ4n) is 5.90. The Morgan fingerprint density at radius 1 is 1.08 bits per heavy atom. The van der Waals surface area contributed by atoms with Gasteiger partial charge in [-0.2, -0.15) is 20.0 Å². The number of likely N-dealkylation sites (tertiary alicyclic amines) is 1. The first-order chi connectivity index (χ1) is 18.6. The van der Waals surface area contributed by atoms with Crippen molar-refractivity contribution < 1.29 is 4.74 Å². The number of anilines is 4. The third-order valence-corrected chi connectivity index (χ3v) is 8.56. The first-order valence-electron chi connectivity index (χ1n) is 13.1. The molecule has 1 aliphatic carbocycles. The molecule has 2 unspecified atom stereocenters. The van der Waals surface area contributed by atoms with Crippen molar-refractivity contribution in [2.24, 2.45) is 5.92 Å². The molecular weight excluding hydrogens is 504 g/mol. The molecule has 2 atom stereocenters. The van der Waals surface area contributed by atoms with Gasteiger partial charge in [0, 0.05) is 25.2 Å². The fraction of sp³-hybridized carbons (Fsp3) is 0.500. The second-order valence-corrected chi connectivity index (χ2v) is 10.9. The molecule has 0 radical (unpaired) electrons. The third-order valence-electron chi connectivity index (χ3n) is 8.16. The zero-order valence-electron chi connectivity index (χ0n) is 20.8. The number of nitrogens with one attached hydrogen (secondary N) is 2. The van der Waals surface area contributed by atoms with Crippen molar-refractivity contribution in [1.82, 2.24) is 24.5 Å². The van der Waals surface area contributed by atoms with Gasteiger partial charge < -0.3 is 20.3 Å². The average molecular weight is 531 g/mol. The Bertz CT molecular complexity index is 1480. The molecule has 3 aromatic rings. The van der Waals surface area contributed by atoms with E-state index in [9.17, 15) is 10.5 Å². The van der Waals surface area contributed by atoms with Gasteiger partial charge in [0.05, 0.1) is 53.5 Å². The van der Waals surface area contributed by atoms with Crippen molar-refractivity contribution in [3.05, 3.63) is 34.6 Å². The molecule has 3 saturated heterocycles. The Morgan fingerprint density at radius 3 is 2.66 bits per heavy atom. The van der Waals surface area contributed by atoms with Crippen molar-refractivity contribution >= 4 is 40.4 Å². The Balaban J connectivity index is 1.21. The van der Waals surface area contributed by atoms with E-state index in [0.717, 1.165) is 57.8 Å². The van der Waals surface area contributed by atoms with Gasteiger partial charge in [0.15, 0.2) is 17.2 Å². The highest BCUT2D eigenvalue weighted by Crippen LogP contribution is 2.41. The SMILES string of the molecule is N#Cc1cc(Nc2nc(NC3CC3)c3ncc(C#N)n3n2)c(Cl)c(N2CCC3CCN(C4COC4)C3C2)c1. The highest BCUT2D eigenvalue weighted by Gasteiger charge is 2.43. The molecule has 0 spiro atoms. The number of imidazole rings is 1. The number of fused-ring (bicyclic) bond motifs is 2. The molecule has 3 aliphatic heterocycles. The van der Waals surface area contributed by atoms with E-state index in [2.05, 4.69) is 47.6 Å². The van der Waals surface area contributed by atoms with Gasteiger partial charge in [-0.15, -0.1) is 5.10 Å². The largest absolute Gasteiger partial charge is 0.378 e.